The van der Waals surface area contributed by atoms with Gasteiger partial charge >= 0.3 is 0 Å². The standard InChI is InChI=1S/C20H23N5O/c1-12-9-15(26-4)5-6-17(12)24-8-7-16-18(10-13(2)22-20(16)24)25-14(3)11-19(21)23-25/h5-6,9-11H,7-8H2,1-4H3,(H2,21,23). The molecule has 0 aliphatic carbocycles. The maximum atomic E-state index is 5.90. The third kappa shape index (κ3) is 2.58. The number of nitrogens with zero attached hydrogens (tertiary/aromatic N) is 4. The third-order valence-electron chi connectivity index (χ3n) is 4.88. The highest BCUT2D eigenvalue weighted by molar-refractivity contribution is 5.73. The molecule has 2 aromatic heterocycles. The Kier molecular flexibility index (Phi) is 3.83. The Balaban J connectivity index is 1.84. The first-order chi connectivity index (χ1) is 12.5. The fourth-order valence-electron chi connectivity index (χ4n) is 3.68. The minimum Gasteiger partial charge on any atom is -0.497 e. The summed E-state index contributed by atoms with van der Waals surface area (Å²) in [5.41, 5.74) is 12.5. The summed E-state index contributed by atoms with van der Waals surface area (Å²) >= 11 is 0. The van der Waals surface area contributed by atoms with Gasteiger partial charge in [-0.3, -0.25) is 0 Å². The van der Waals surface area contributed by atoms with Crippen LogP contribution in [0.5, 0.6) is 5.75 Å². The lowest BCUT2D eigenvalue weighted by Gasteiger charge is -2.22. The molecule has 3 aromatic rings. The second kappa shape index (κ2) is 6.05. The van der Waals surface area contributed by atoms with Crippen LogP contribution in [0.3, 0.4) is 0 Å². The van der Waals surface area contributed by atoms with Gasteiger partial charge in [-0.15, -0.1) is 0 Å². The van der Waals surface area contributed by atoms with Crippen molar-refractivity contribution in [3.05, 3.63) is 52.8 Å². The molecule has 0 unspecified atom stereocenters. The van der Waals surface area contributed by atoms with Crippen LogP contribution in [0.15, 0.2) is 30.3 Å². The topological polar surface area (TPSA) is 69.2 Å². The Labute approximate surface area is 153 Å². The van der Waals surface area contributed by atoms with Crippen molar-refractivity contribution in [3.63, 3.8) is 0 Å². The lowest BCUT2D eigenvalue weighted by Crippen LogP contribution is -2.16. The number of pyridine rings is 1. The molecule has 26 heavy (non-hydrogen) atoms. The van der Waals surface area contributed by atoms with Crippen LogP contribution >= 0.6 is 0 Å². The van der Waals surface area contributed by atoms with Gasteiger partial charge in [-0.1, -0.05) is 0 Å². The van der Waals surface area contributed by atoms with Gasteiger partial charge in [0, 0.05) is 35.2 Å². The van der Waals surface area contributed by atoms with Crippen LogP contribution in [0.2, 0.25) is 0 Å². The van der Waals surface area contributed by atoms with Crippen LogP contribution in [-0.2, 0) is 6.42 Å². The number of nitrogens with two attached hydrogens (primary N) is 1. The quantitative estimate of drug-likeness (QED) is 0.784. The fraction of sp³-hybridized carbons (Fsp3) is 0.300. The van der Waals surface area contributed by atoms with E-state index in [1.54, 1.807) is 7.11 Å². The monoisotopic (exact) mass is 349 g/mol. The van der Waals surface area contributed by atoms with Gasteiger partial charge in [0.25, 0.3) is 0 Å². The molecule has 3 heterocycles. The molecule has 0 bridgehead atoms. The molecule has 0 amide bonds. The molecule has 134 valence electrons. The number of methoxy groups -OCH3 is 1. The zero-order chi connectivity index (χ0) is 18.4. The minimum atomic E-state index is 0.534. The maximum Gasteiger partial charge on any atom is 0.146 e. The summed E-state index contributed by atoms with van der Waals surface area (Å²) < 4.78 is 7.26. The summed E-state index contributed by atoms with van der Waals surface area (Å²) in [6, 6.07) is 10.1. The van der Waals surface area contributed by atoms with E-state index in [0.717, 1.165) is 47.3 Å². The highest BCUT2D eigenvalue weighted by atomic mass is 16.5. The normalized spacial score (nSPS) is 13.2. The third-order valence-corrected chi connectivity index (χ3v) is 4.88. The Morgan fingerprint density at radius 2 is 1.88 bits per heavy atom. The number of hydrogen-bond donors (Lipinski definition) is 1. The molecule has 0 saturated carbocycles. The van der Waals surface area contributed by atoms with E-state index in [1.165, 1.54) is 11.1 Å². The molecular weight excluding hydrogens is 326 g/mol. The molecule has 6 heteroatoms. The number of aryl methyl sites for hydroxylation is 3. The van der Waals surface area contributed by atoms with Gasteiger partial charge < -0.3 is 15.4 Å². The molecule has 0 saturated heterocycles. The van der Waals surface area contributed by atoms with E-state index in [-0.39, 0.29) is 0 Å². The molecule has 1 aromatic carbocycles. The lowest BCUT2D eigenvalue weighted by atomic mass is 10.1. The van der Waals surface area contributed by atoms with Gasteiger partial charge in [-0.25, -0.2) is 9.67 Å². The maximum absolute atomic E-state index is 5.90. The molecule has 2 N–H and O–H groups in total. The first kappa shape index (κ1) is 16.4. The number of hydrogen-bond acceptors (Lipinski definition) is 5. The van der Waals surface area contributed by atoms with Crippen molar-refractivity contribution < 1.29 is 4.74 Å². The number of benzene rings is 1. The van der Waals surface area contributed by atoms with E-state index < -0.39 is 0 Å². The average molecular weight is 349 g/mol. The summed E-state index contributed by atoms with van der Waals surface area (Å²) in [5.74, 6) is 2.40. The molecule has 0 atom stereocenters. The van der Waals surface area contributed by atoms with Crippen molar-refractivity contribution in [1.82, 2.24) is 14.8 Å². The Morgan fingerprint density at radius 3 is 2.54 bits per heavy atom. The molecular formula is C20H23N5O. The largest absolute Gasteiger partial charge is 0.497 e. The SMILES string of the molecule is COc1ccc(N2CCc3c(-n4nc(N)cc4C)cc(C)nc32)c(C)c1. The van der Waals surface area contributed by atoms with E-state index >= 15 is 0 Å². The minimum absolute atomic E-state index is 0.534. The molecule has 6 nitrogen and oxygen atoms in total. The van der Waals surface area contributed by atoms with Crippen LogP contribution in [0.25, 0.3) is 5.69 Å². The Morgan fingerprint density at radius 1 is 1.08 bits per heavy atom. The zero-order valence-electron chi connectivity index (χ0n) is 15.6. The van der Waals surface area contributed by atoms with E-state index in [1.807, 2.05) is 30.7 Å². The summed E-state index contributed by atoms with van der Waals surface area (Å²) in [7, 11) is 1.69. The summed E-state index contributed by atoms with van der Waals surface area (Å²) in [5, 5.41) is 4.47. The molecule has 0 radical (unpaired) electrons. The number of aromatic nitrogens is 3. The van der Waals surface area contributed by atoms with Crippen molar-refractivity contribution >= 4 is 17.3 Å². The highest BCUT2D eigenvalue weighted by Crippen LogP contribution is 2.39. The average Bonchev–Trinajstić information content (AvgIpc) is 3.16. The van der Waals surface area contributed by atoms with E-state index in [2.05, 4.69) is 35.1 Å². The number of rotatable bonds is 3. The van der Waals surface area contributed by atoms with Gasteiger partial charge in [0.15, 0.2) is 0 Å². The van der Waals surface area contributed by atoms with Crippen molar-refractivity contribution in [2.24, 2.45) is 0 Å². The van der Waals surface area contributed by atoms with Crippen LogP contribution in [-0.4, -0.2) is 28.4 Å². The summed E-state index contributed by atoms with van der Waals surface area (Å²) in [4.78, 5) is 7.12. The van der Waals surface area contributed by atoms with Crippen LogP contribution < -0.4 is 15.4 Å². The van der Waals surface area contributed by atoms with Gasteiger partial charge in [0.05, 0.1) is 12.8 Å². The fourth-order valence-corrected chi connectivity index (χ4v) is 3.68. The molecule has 4 rings (SSSR count). The predicted molar refractivity (Wildman–Crippen MR) is 104 cm³/mol. The number of nitrogen functional groups attached to an aromatic ring is 1. The van der Waals surface area contributed by atoms with E-state index in [9.17, 15) is 0 Å². The first-order valence-corrected chi connectivity index (χ1v) is 8.73. The molecule has 1 aliphatic heterocycles. The van der Waals surface area contributed by atoms with Gasteiger partial charge in [0.1, 0.15) is 17.4 Å². The van der Waals surface area contributed by atoms with Crippen LogP contribution in [0, 0.1) is 20.8 Å². The van der Waals surface area contributed by atoms with Crippen molar-refractivity contribution in [2.45, 2.75) is 27.2 Å². The van der Waals surface area contributed by atoms with Crippen molar-refractivity contribution in [2.75, 3.05) is 24.3 Å². The molecule has 1 aliphatic rings. The molecule has 0 spiro atoms. The van der Waals surface area contributed by atoms with Gasteiger partial charge in [-0.2, -0.15) is 5.10 Å². The second-order valence-corrected chi connectivity index (χ2v) is 6.76. The number of fused-ring (bicyclic) bond motifs is 1. The zero-order valence-corrected chi connectivity index (χ0v) is 15.6. The number of anilines is 3. The summed E-state index contributed by atoms with van der Waals surface area (Å²) in [6.45, 7) is 7.03. The second-order valence-electron chi connectivity index (χ2n) is 6.76. The lowest BCUT2D eigenvalue weighted by molar-refractivity contribution is 0.414. The highest BCUT2D eigenvalue weighted by Gasteiger charge is 2.27. The smallest absolute Gasteiger partial charge is 0.146 e. The molecule has 0 fully saturated rings. The Bertz CT molecular complexity index is 992. The van der Waals surface area contributed by atoms with E-state index in [0.29, 0.717) is 5.82 Å². The Hall–Kier alpha value is -3.02. The van der Waals surface area contributed by atoms with Crippen LogP contribution in [0.1, 0.15) is 22.5 Å². The van der Waals surface area contributed by atoms with Crippen LogP contribution in [0.4, 0.5) is 17.3 Å². The number of ether oxygens (including phenoxy) is 1. The first-order valence-electron chi connectivity index (χ1n) is 8.73. The van der Waals surface area contributed by atoms with Crippen molar-refractivity contribution in [3.8, 4) is 11.4 Å². The van der Waals surface area contributed by atoms with Gasteiger partial charge in [0.2, 0.25) is 0 Å². The van der Waals surface area contributed by atoms with E-state index in [4.69, 9.17) is 15.5 Å². The predicted octanol–water partition coefficient (Wildman–Crippen LogP) is 3.48. The summed E-state index contributed by atoms with van der Waals surface area (Å²) in [6.07, 6.45) is 0.919. The van der Waals surface area contributed by atoms with Gasteiger partial charge in [-0.05, 0) is 57.0 Å². The van der Waals surface area contributed by atoms with Crippen molar-refractivity contribution in [1.29, 1.82) is 0 Å².